The van der Waals surface area contributed by atoms with Crippen LogP contribution in [-0.4, -0.2) is 124 Å². The van der Waals surface area contributed by atoms with Crippen molar-refractivity contribution in [2.24, 2.45) is 11.8 Å². The Morgan fingerprint density at radius 1 is 1.05 bits per heavy atom. The van der Waals surface area contributed by atoms with Gasteiger partial charge in [-0.05, 0) is 6.92 Å². The predicted molar refractivity (Wildman–Crippen MR) is 135 cm³/mol. The van der Waals surface area contributed by atoms with Gasteiger partial charge in [-0.25, -0.2) is 0 Å². The number of fused-ring (bicyclic) bond motifs is 3. The van der Waals surface area contributed by atoms with Crippen LogP contribution < -0.4 is -1.37 Å². The fourth-order valence-corrected chi connectivity index (χ4v) is 7.34. The van der Waals surface area contributed by atoms with Crippen molar-refractivity contribution in [1.82, 2.24) is 4.90 Å². The number of carbonyl (C=O) groups is 3. The molecule has 0 spiro atoms. The second-order valence-electron chi connectivity index (χ2n) is 10.5. The summed E-state index contributed by atoms with van der Waals surface area (Å²) in [5.41, 5.74) is -1.84. The van der Waals surface area contributed by atoms with E-state index in [2.05, 4.69) is 0 Å². The molecule has 3 aliphatic carbocycles. The molecule has 0 radical (unpaired) electrons. The molecule has 5 atom stereocenters. The number of aromatic hydroxyl groups is 1. The van der Waals surface area contributed by atoms with Gasteiger partial charge in [-0.1, -0.05) is 0 Å². The Labute approximate surface area is 253 Å². The summed E-state index contributed by atoms with van der Waals surface area (Å²) in [5, 5.41) is 45.2. The van der Waals surface area contributed by atoms with Crippen LogP contribution in [0.4, 0.5) is 0 Å². The molecule has 8 nitrogen and oxygen atoms in total. The number of allylic oxidation sites excluding steroid dienone is 1. The standard InChI is InChI=1S/C28H26NO7.Rb/c1-13(30)19-25(33)23(29(2)3)17-12-16-20(14-8-5-4-6-9-14)15-10-7-11-18(31)21(15)24(32)22(16)27(35)28(17,36)26(19)34;/h5-11,16-17,20,23,31,33,35-36H,12H2,1-3H3;/t16-,17+,20-,23+,28-;/m1./s1. The number of phenolic OH excluding ortho intramolecular Hbond substituents is 1. The number of rotatable bonds is 3. The molecule has 0 fully saturated rings. The van der Waals surface area contributed by atoms with Gasteiger partial charge in [-0.3, -0.25) is 4.79 Å². The molecule has 4 N–H and O–H groups in total. The number of Topliss-reactive ketones (excluding diaryl/α,β-unsaturated/α-hetero) is 3. The number of hydrogen-bond acceptors (Lipinski definition) is 8. The van der Waals surface area contributed by atoms with Crippen molar-refractivity contribution in [2.45, 2.75) is 30.9 Å². The number of ketones is 3. The van der Waals surface area contributed by atoms with Crippen molar-refractivity contribution in [3.05, 3.63) is 81.8 Å². The van der Waals surface area contributed by atoms with Gasteiger partial charge in [0.05, 0.1) is 0 Å². The molecule has 2 aromatic carbocycles. The molecule has 0 aromatic heterocycles. The minimum absolute atomic E-state index is 0.0182. The number of hydrogen-bond donors (Lipinski definition) is 4. The van der Waals surface area contributed by atoms with Crippen LogP contribution in [0.1, 0.15) is 40.7 Å². The third-order valence-corrected chi connectivity index (χ3v) is 9.79. The molecule has 0 saturated carbocycles. The molecule has 3 aliphatic rings. The van der Waals surface area contributed by atoms with Crippen LogP contribution >= 0.6 is 0 Å². The fraction of sp³-hybridized carbons (Fsp3) is 0.321. The molecule has 186 valence electrons. The zero-order valence-corrected chi connectivity index (χ0v) is 25.9. The quantitative estimate of drug-likeness (QED) is 0.407. The summed E-state index contributed by atoms with van der Waals surface area (Å²) >= 11 is 0.289. The van der Waals surface area contributed by atoms with E-state index >= 15 is 0 Å². The van der Waals surface area contributed by atoms with E-state index in [4.69, 9.17) is 0 Å². The van der Waals surface area contributed by atoms with E-state index in [1.54, 1.807) is 31.1 Å². The van der Waals surface area contributed by atoms with Crippen molar-refractivity contribution in [2.75, 3.05) is 14.1 Å². The number of benzene rings is 2. The van der Waals surface area contributed by atoms with Crippen LogP contribution in [0.5, 0.6) is 5.75 Å². The topological polar surface area (TPSA) is 135 Å². The molecule has 5 rings (SSSR count). The Hall–Kier alpha value is -1.94. The molecule has 0 unspecified atom stereocenters. The summed E-state index contributed by atoms with van der Waals surface area (Å²) in [6.45, 7) is 1.10. The number of phenols is 1. The molecule has 0 heterocycles. The van der Waals surface area contributed by atoms with E-state index in [0.717, 1.165) is 12.5 Å². The van der Waals surface area contributed by atoms with E-state index in [1.807, 2.05) is 24.3 Å². The van der Waals surface area contributed by atoms with Crippen LogP contribution in [-0.2, 0) is 9.59 Å². The van der Waals surface area contributed by atoms with Gasteiger partial charge in [-0.15, -0.1) is 0 Å². The Morgan fingerprint density at radius 3 is 2.30 bits per heavy atom. The zero-order valence-electron chi connectivity index (χ0n) is 21.0. The molecule has 37 heavy (non-hydrogen) atoms. The SMILES string of the molecule is CC(=O)C1=C(O)[C@@H](N(C)C)[C@@H]2C[C@H]3C(=C(O)[C@]2(O)C1=O)C(=O)c1c(O)cccc1[C@H]3c1cc[c]([Rb])cc1. The van der Waals surface area contributed by atoms with E-state index < -0.39 is 63.8 Å². The molecule has 9 heteroatoms. The van der Waals surface area contributed by atoms with Crippen molar-refractivity contribution in [3.8, 4) is 5.75 Å². The zero-order chi connectivity index (χ0) is 27.0. The van der Waals surface area contributed by atoms with Gasteiger partial charge < -0.3 is 0 Å². The Balaban J connectivity index is 1.82. The second kappa shape index (κ2) is 9.36. The normalized spacial score (nSPS) is 29.3. The van der Waals surface area contributed by atoms with Crippen LogP contribution in [0.25, 0.3) is 0 Å². The number of aliphatic hydroxyl groups is 3. The third-order valence-electron chi connectivity index (χ3n) is 8.15. The average molecular weight is 574 g/mol. The van der Waals surface area contributed by atoms with Gasteiger partial charge in [0.1, 0.15) is 0 Å². The molecule has 0 aliphatic heterocycles. The number of likely N-dealkylation sites (N-methyl/N-ethyl adjacent to an activating group) is 1. The maximum atomic E-state index is 13.8. The molecular weight excluding hydrogens is 548 g/mol. The minimum atomic E-state index is -2.59. The first-order chi connectivity index (χ1) is 17.4. The van der Waals surface area contributed by atoms with E-state index in [-0.39, 0.29) is 78.8 Å². The monoisotopic (exact) mass is 573 g/mol. The molecular formula is C28H26NO7Rb. The fourth-order valence-electron chi connectivity index (χ4n) is 6.52. The summed E-state index contributed by atoms with van der Waals surface area (Å²) in [5.74, 6) is -6.22. The molecule has 2 aromatic rings. The molecule has 0 saturated heterocycles. The van der Waals surface area contributed by atoms with Gasteiger partial charge >= 0.3 is 244 Å². The summed E-state index contributed by atoms with van der Waals surface area (Å²) in [4.78, 5) is 41.3. The van der Waals surface area contributed by atoms with Gasteiger partial charge in [-0.2, -0.15) is 0 Å². The van der Waals surface area contributed by atoms with Crippen LogP contribution in [0.15, 0.2) is 65.1 Å². The van der Waals surface area contributed by atoms with Crippen molar-refractivity contribution >= 4 is 71.5 Å². The number of nitrogens with zero attached hydrogens (tertiary/aromatic N) is 1. The molecule has 0 bridgehead atoms. The van der Waals surface area contributed by atoms with Gasteiger partial charge in [0.2, 0.25) is 0 Å². The van der Waals surface area contributed by atoms with Gasteiger partial charge in [0.15, 0.2) is 0 Å². The van der Waals surface area contributed by atoms with Crippen LogP contribution in [0.3, 0.4) is 0 Å². The molecule has 0 amide bonds. The van der Waals surface area contributed by atoms with Crippen molar-refractivity contribution in [1.29, 1.82) is 0 Å². The predicted octanol–water partition coefficient (Wildman–Crippen LogP) is 1.61. The summed E-state index contributed by atoms with van der Waals surface area (Å²) in [7, 11) is 3.29. The van der Waals surface area contributed by atoms with E-state index in [1.165, 1.54) is 4.70 Å². The number of aliphatic hydroxyl groups excluding tert-OH is 2. The Kier molecular flexibility index (Phi) is 6.74. The van der Waals surface area contributed by atoms with E-state index in [9.17, 15) is 34.8 Å². The summed E-state index contributed by atoms with van der Waals surface area (Å²) < 4.78 is 1.24. The first kappa shape index (κ1) is 26.7. The Bertz CT molecular complexity index is 1420. The first-order valence-corrected chi connectivity index (χ1v) is 14.6. The van der Waals surface area contributed by atoms with Crippen LogP contribution in [0.2, 0.25) is 0 Å². The van der Waals surface area contributed by atoms with Crippen LogP contribution in [0, 0.1) is 11.8 Å². The maximum absolute atomic E-state index is 13.8. The van der Waals surface area contributed by atoms with Crippen molar-refractivity contribution in [3.63, 3.8) is 0 Å². The third kappa shape index (κ3) is 3.79. The number of carbonyl (C=O) groups excluding carboxylic acids is 3. The Morgan fingerprint density at radius 2 is 1.70 bits per heavy atom. The van der Waals surface area contributed by atoms with Gasteiger partial charge in [0, 0.05) is 0 Å². The summed E-state index contributed by atoms with van der Waals surface area (Å²) in [6, 6.07) is 11.8. The summed E-state index contributed by atoms with van der Waals surface area (Å²) in [6.07, 6.45) is 0.0678. The van der Waals surface area contributed by atoms with Gasteiger partial charge in [0.25, 0.3) is 0 Å². The average Bonchev–Trinajstić information content (AvgIpc) is 2.82. The van der Waals surface area contributed by atoms with Crippen molar-refractivity contribution < 1.29 is 34.8 Å². The second-order valence-corrected chi connectivity index (χ2v) is 13.3. The van der Waals surface area contributed by atoms with E-state index in [0.29, 0.717) is 5.56 Å². The first-order valence-electron chi connectivity index (χ1n) is 12.2.